The number of nitrogens with zero attached hydrogens (tertiary/aromatic N) is 1. The minimum Gasteiger partial charge on any atom is -0.310 e. The van der Waals surface area contributed by atoms with Gasteiger partial charge in [-0.3, -0.25) is 0 Å². The summed E-state index contributed by atoms with van der Waals surface area (Å²) >= 11 is 0. The SMILES string of the molecule is CC1(C)c2ccccc2-c2ccc(N(c3cccc(-c4cccc(-c5cccc6ccccc56)c4)c3)c3ccccc3-c3cccc(-c4ccccc4)c3)cc21. The molecule has 1 nitrogen and oxygen atoms in total. The molecule has 0 atom stereocenters. The van der Waals surface area contributed by atoms with Crippen LogP contribution in [0.25, 0.3) is 66.4 Å². The fourth-order valence-corrected chi connectivity index (χ4v) is 8.84. The van der Waals surface area contributed by atoms with Crippen LogP contribution in [-0.4, -0.2) is 0 Å². The second kappa shape index (κ2) is 13.7. The van der Waals surface area contributed by atoms with Crippen molar-refractivity contribution in [1.82, 2.24) is 0 Å². The summed E-state index contributed by atoms with van der Waals surface area (Å²) < 4.78 is 0. The smallest absolute Gasteiger partial charge is 0.0540 e. The van der Waals surface area contributed by atoms with Crippen LogP contribution in [-0.2, 0) is 5.41 Å². The lowest BCUT2D eigenvalue weighted by atomic mass is 9.82. The van der Waals surface area contributed by atoms with Gasteiger partial charge in [-0.25, -0.2) is 0 Å². The number of para-hydroxylation sites is 1. The van der Waals surface area contributed by atoms with Gasteiger partial charge in [-0.1, -0.05) is 184 Å². The molecule has 9 aromatic rings. The van der Waals surface area contributed by atoms with E-state index in [0.29, 0.717) is 0 Å². The number of fused-ring (bicyclic) bond motifs is 4. The molecule has 10 rings (SSSR count). The van der Waals surface area contributed by atoms with Gasteiger partial charge in [-0.05, 0) is 114 Å². The highest BCUT2D eigenvalue weighted by molar-refractivity contribution is 5.98. The maximum absolute atomic E-state index is 2.46. The number of hydrogen-bond donors (Lipinski definition) is 0. The fraction of sp³-hybridized carbons (Fsp3) is 0.0545. The van der Waals surface area contributed by atoms with Crippen molar-refractivity contribution >= 4 is 27.8 Å². The Morgan fingerprint density at radius 1 is 0.321 bits per heavy atom. The Kier molecular flexibility index (Phi) is 8.23. The van der Waals surface area contributed by atoms with Crippen molar-refractivity contribution in [2.45, 2.75) is 19.3 Å². The molecule has 56 heavy (non-hydrogen) atoms. The highest BCUT2D eigenvalue weighted by atomic mass is 15.1. The molecule has 1 aliphatic carbocycles. The van der Waals surface area contributed by atoms with Crippen LogP contribution in [0.5, 0.6) is 0 Å². The average Bonchev–Trinajstić information content (AvgIpc) is 3.49. The third-order valence-electron chi connectivity index (χ3n) is 11.7. The number of rotatable bonds is 7. The summed E-state index contributed by atoms with van der Waals surface area (Å²) in [5.41, 5.74) is 18.2. The first-order chi connectivity index (χ1) is 27.5. The van der Waals surface area contributed by atoms with Gasteiger partial charge in [0.05, 0.1) is 5.69 Å². The quantitative estimate of drug-likeness (QED) is 0.159. The standard InChI is InChI=1S/C55H41N/c1-55(2)52-30-10-8-28-50(52)51-33-32-46(37-53(51)55)56(54-31-11-9-27-49(54)44-24-12-20-40(34-44)38-16-4-3-5-17-38)45-25-14-22-42(36-45)41-21-13-23-43(35-41)48-29-15-19-39-18-6-7-26-47(39)48/h3-37H,1-2H3. The molecule has 0 saturated carbocycles. The topological polar surface area (TPSA) is 3.24 Å². The lowest BCUT2D eigenvalue weighted by Crippen LogP contribution is -2.17. The first-order valence-electron chi connectivity index (χ1n) is 19.5. The molecular weight excluding hydrogens is 675 g/mol. The van der Waals surface area contributed by atoms with E-state index < -0.39 is 0 Å². The molecule has 0 aromatic heterocycles. The molecule has 0 saturated heterocycles. The van der Waals surface area contributed by atoms with E-state index >= 15 is 0 Å². The molecule has 0 radical (unpaired) electrons. The number of hydrogen-bond acceptors (Lipinski definition) is 1. The van der Waals surface area contributed by atoms with Crippen LogP contribution in [0.2, 0.25) is 0 Å². The van der Waals surface area contributed by atoms with Crippen LogP contribution in [0.1, 0.15) is 25.0 Å². The molecule has 0 fully saturated rings. The zero-order valence-electron chi connectivity index (χ0n) is 31.7. The highest BCUT2D eigenvalue weighted by Gasteiger charge is 2.36. The Bertz CT molecular complexity index is 2890. The van der Waals surface area contributed by atoms with Crippen molar-refractivity contribution < 1.29 is 0 Å². The minimum absolute atomic E-state index is 0.124. The maximum atomic E-state index is 2.46. The molecule has 0 bridgehead atoms. The molecule has 9 aromatic carbocycles. The monoisotopic (exact) mass is 715 g/mol. The van der Waals surface area contributed by atoms with Crippen molar-refractivity contribution in [3.8, 4) is 55.6 Å². The van der Waals surface area contributed by atoms with Gasteiger partial charge in [0.1, 0.15) is 0 Å². The van der Waals surface area contributed by atoms with E-state index in [-0.39, 0.29) is 5.41 Å². The summed E-state index contributed by atoms with van der Waals surface area (Å²) in [6.45, 7) is 4.72. The molecule has 1 heteroatoms. The first kappa shape index (κ1) is 33.6. The molecule has 266 valence electrons. The first-order valence-corrected chi connectivity index (χ1v) is 19.5. The van der Waals surface area contributed by atoms with Crippen LogP contribution in [0.4, 0.5) is 17.1 Å². The second-order valence-corrected chi connectivity index (χ2v) is 15.4. The summed E-state index contributed by atoms with van der Waals surface area (Å²) in [4.78, 5) is 2.46. The van der Waals surface area contributed by atoms with Crippen LogP contribution < -0.4 is 4.90 Å². The molecule has 0 heterocycles. The zero-order valence-corrected chi connectivity index (χ0v) is 31.7. The maximum Gasteiger partial charge on any atom is 0.0540 e. The van der Waals surface area contributed by atoms with Crippen LogP contribution in [0, 0.1) is 0 Å². The molecule has 0 unspecified atom stereocenters. The third kappa shape index (κ3) is 5.81. The number of benzene rings is 9. The van der Waals surface area contributed by atoms with Gasteiger partial charge in [0.15, 0.2) is 0 Å². The van der Waals surface area contributed by atoms with E-state index in [1.807, 2.05) is 0 Å². The van der Waals surface area contributed by atoms with E-state index in [4.69, 9.17) is 0 Å². The Labute approximate surface area is 329 Å². The van der Waals surface area contributed by atoms with E-state index in [1.54, 1.807) is 0 Å². The highest BCUT2D eigenvalue weighted by Crippen LogP contribution is 2.51. The summed E-state index contributed by atoms with van der Waals surface area (Å²) in [5.74, 6) is 0. The Hall–Kier alpha value is -6.96. The average molecular weight is 716 g/mol. The lowest BCUT2D eigenvalue weighted by molar-refractivity contribution is 0.660. The van der Waals surface area contributed by atoms with Crippen molar-refractivity contribution in [2.75, 3.05) is 4.90 Å². The van der Waals surface area contributed by atoms with Crippen LogP contribution in [0.15, 0.2) is 212 Å². The lowest BCUT2D eigenvalue weighted by Gasteiger charge is -2.30. The number of anilines is 3. The predicted octanol–water partition coefficient (Wildman–Crippen LogP) is 15.3. The van der Waals surface area contributed by atoms with Crippen LogP contribution >= 0.6 is 0 Å². The van der Waals surface area contributed by atoms with Gasteiger partial charge in [0, 0.05) is 22.4 Å². The molecule has 0 spiro atoms. The molecule has 0 amide bonds. The zero-order chi connectivity index (χ0) is 37.6. The summed E-state index contributed by atoms with van der Waals surface area (Å²) in [6, 6.07) is 77.7. The Balaban J connectivity index is 1.14. The van der Waals surface area contributed by atoms with Gasteiger partial charge in [-0.15, -0.1) is 0 Å². The van der Waals surface area contributed by atoms with Crippen molar-refractivity contribution in [2.24, 2.45) is 0 Å². The van der Waals surface area contributed by atoms with Gasteiger partial charge in [-0.2, -0.15) is 0 Å². The molecule has 1 aliphatic rings. The largest absolute Gasteiger partial charge is 0.310 e. The van der Waals surface area contributed by atoms with Crippen molar-refractivity contribution in [1.29, 1.82) is 0 Å². The van der Waals surface area contributed by atoms with Gasteiger partial charge < -0.3 is 4.90 Å². The molecule has 0 N–H and O–H groups in total. The van der Waals surface area contributed by atoms with E-state index in [2.05, 4.69) is 231 Å². The Morgan fingerprint density at radius 2 is 0.839 bits per heavy atom. The Morgan fingerprint density at radius 3 is 1.66 bits per heavy atom. The van der Waals surface area contributed by atoms with Gasteiger partial charge in [0.2, 0.25) is 0 Å². The summed E-state index contributed by atoms with van der Waals surface area (Å²) in [6.07, 6.45) is 0. The second-order valence-electron chi connectivity index (χ2n) is 15.4. The normalized spacial score (nSPS) is 12.6. The van der Waals surface area contributed by atoms with Crippen molar-refractivity contribution in [3.63, 3.8) is 0 Å². The van der Waals surface area contributed by atoms with Gasteiger partial charge in [0.25, 0.3) is 0 Å². The summed E-state index contributed by atoms with van der Waals surface area (Å²) in [7, 11) is 0. The van der Waals surface area contributed by atoms with Crippen molar-refractivity contribution in [3.05, 3.63) is 223 Å². The minimum atomic E-state index is -0.124. The third-order valence-corrected chi connectivity index (χ3v) is 11.7. The fourth-order valence-electron chi connectivity index (χ4n) is 8.84. The predicted molar refractivity (Wildman–Crippen MR) is 238 cm³/mol. The van der Waals surface area contributed by atoms with E-state index in [1.165, 1.54) is 77.5 Å². The molecule has 0 aliphatic heterocycles. The van der Waals surface area contributed by atoms with E-state index in [9.17, 15) is 0 Å². The van der Waals surface area contributed by atoms with Gasteiger partial charge >= 0.3 is 0 Å². The molecular formula is C55H41N. The van der Waals surface area contributed by atoms with Crippen LogP contribution in [0.3, 0.4) is 0 Å². The summed E-state index contributed by atoms with van der Waals surface area (Å²) in [5, 5.41) is 2.52. The van der Waals surface area contributed by atoms with E-state index in [0.717, 1.165) is 17.1 Å².